The van der Waals surface area contributed by atoms with Gasteiger partial charge in [0.15, 0.2) is 0 Å². The first-order chi connectivity index (χ1) is 9.79. The van der Waals surface area contributed by atoms with Gasteiger partial charge >= 0.3 is 5.97 Å². The predicted octanol–water partition coefficient (Wildman–Crippen LogP) is 4.15. The van der Waals surface area contributed by atoms with E-state index in [-0.39, 0.29) is 12.0 Å². The van der Waals surface area contributed by atoms with E-state index in [0.717, 1.165) is 25.9 Å². The van der Waals surface area contributed by atoms with Crippen molar-refractivity contribution in [3.05, 3.63) is 0 Å². The van der Waals surface area contributed by atoms with E-state index in [4.69, 9.17) is 4.74 Å². The number of hydrogen-bond acceptors (Lipinski definition) is 3. The van der Waals surface area contributed by atoms with Crippen LogP contribution < -0.4 is 0 Å². The van der Waals surface area contributed by atoms with Gasteiger partial charge in [0.25, 0.3) is 0 Å². The Bertz CT molecular complexity index is 255. The van der Waals surface area contributed by atoms with Gasteiger partial charge in [0, 0.05) is 0 Å². The highest BCUT2D eigenvalue weighted by Gasteiger charge is 2.28. The Morgan fingerprint density at radius 1 is 1.05 bits per heavy atom. The molecule has 1 atom stereocenters. The van der Waals surface area contributed by atoms with E-state index in [1.807, 2.05) is 0 Å². The zero-order valence-electron chi connectivity index (χ0n) is 13.5. The molecule has 1 saturated heterocycles. The molecule has 0 N–H and O–H groups in total. The molecular weight excluding hydrogens is 250 g/mol. The summed E-state index contributed by atoms with van der Waals surface area (Å²) in [6.45, 7) is 4.39. The fourth-order valence-electron chi connectivity index (χ4n) is 3.11. The highest BCUT2D eigenvalue weighted by atomic mass is 16.5. The van der Waals surface area contributed by atoms with E-state index in [2.05, 4.69) is 11.8 Å². The summed E-state index contributed by atoms with van der Waals surface area (Å²) < 4.78 is 4.92. The summed E-state index contributed by atoms with van der Waals surface area (Å²) in [5, 5.41) is 0. The molecule has 3 nitrogen and oxygen atoms in total. The first-order valence-electron chi connectivity index (χ1n) is 8.61. The largest absolute Gasteiger partial charge is 0.468 e. The SMILES string of the molecule is CCCCCCCCCCN1CCCCC1C(=O)OC. The lowest BCUT2D eigenvalue weighted by molar-refractivity contribution is -0.148. The second-order valence-electron chi connectivity index (χ2n) is 6.05. The molecular formula is C17H33NO2. The average molecular weight is 283 g/mol. The van der Waals surface area contributed by atoms with Crippen molar-refractivity contribution in [3.8, 4) is 0 Å². The van der Waals surface area contributed by atoms with Gasteiger partial charge in [-0.1, -0.05) is 58.3 Å². The van der Waals surface area contributed by atoms with E-state index < -0.39 is 0 Å². The van der Waals surface area contributed by atoms with Crippen LogP contribution in [0.4, 0.5) is 0 Å². The Morgan fingerprint density at radius 3 is 2.35 bits per heavy atom. The molecule has 1 aliphatic heterocycles. The Balaban J connectivity index is 2.08. The first kappa shape index (κ1) is 17.5. The van der Waals surface area contributed by atoms with Crippen LogP contribution in [0.3, 0.4) is 0 Å². The monoisotopic (exact) mass is 283 g/mol. The lowest BCUT2D eigenvalue weighted by Gasteiger charge is -2.33. The molecule has 118 valence electrons. The second-order valence-corrected chi connectivity index (χ2v) is 6.05. The van der Waals surface area contributed by atoms with Gasteiger partial charge in [-0.15, -0.1) is 0 Å². The van der Waals surface area contributed by atoms with Crippen molar-refractivity contribution in [1.82, 2.24) is 4.90 Å². The Kier molecular flexibility index (Phi) is 9.73. The molecule has 0 aromatic carbocycles. The van der Waals surface area contributed by atoms with Crippen molar-refractivity contribution in [2.45, 2.75) is 83.6 Å². The molecule has 1 rings (SSSR count). The van der Waals surface area contributed by atoms with Gasteiger partial charge in [0.1, 0.15) is 6.04 Å². The Morgan fingerprint density at radius 2 is 1.70 bits per heavy atom. The summed E-state index contributed by atoms with van der Waals surface area (Å²) in [5.41, 5.74) is 0. The minimum atomic E-state index is -0.0377. The first-order valence-corrected chi connectivity index (χ1v) is 8.61. The molecule has 1 aliphatic rings. The van der Waals surface area contributed by atoms with Crippen LogP contribution in [0.15, 0.2) is 0 Å². The molecule has 0 aliphatic carbocycles. The van der Waals surface area contributed by atoms with Crippen LogP contribution in [0.5, 0.6) is 0 Å². The zero-order valence-corrected chi connectivity index (χ0v) is 13.5. The normalized spacial score (nSPS) is 20.0. The second kappa shape index (κ2) is 11.1. The van der Waals surface area contributed by atoms with Crippen molar-refractivity contribution in [1.29, 1.82) is 0 Å². The summed E-state index contributed by atoms with van der Waals surface area (Å²) in [6, 6.07) is 0.0262. The van der Waals surface area contributed by atoms with Crippen molar-refractivity contribution >= 4 is 5.97 Å². The average Bonchev–Trinajstić information content (AvgIpc) is 2.49. The standard InChI is InChI=1S/C17H33NO2/c1-3-4-5-6-7-8-9-11-14-18-15-12-10-13-16(18)17(19)20-2/h16H,3-15H2,1-2H3. The Hall–Kier alpha value is -0.570. The number of methoxy groups -OCH3 is 1. The molecule has 3 heteroatoms. The van der Waals surface area contributed by atoms with Crippen molar-refractivity contribution in [2.24, 2.45) is 0 Å². The number of rotatable bonds is 10. The topological polar surface area (TPSA) is 29.5 Å². The summed E-state index contributed by atoms with van der Waals surface area (Å²) in [6.07, 6.45) is 14.1. The minimum Gasteiger partial charge on any atom is -0.468 e. The summed E-state index contributed by atoms with van der Waals surface area (Å²) in [7, 11) is 1.51. The third-order valence-corrected chi connectivity index (χ3v) is 4.39. The van der Waals surface area contributed by atoms with E-state index >= 15 is 0 Å². The van der Waals surface area contributed by atoms with Crippen molar-refractivity contribution in [3.63, 3.8) is 0 Å². The number of unbranched alkanes of at least 4 members (excludes halogenated alkanes) is 7. The van der Waals surface area contributed by atoms with Crippen LogP contribution >= 0.6 is 0 Å². The van der Waals surface area contributed by atoms with Gasteiger partial charge in [-0.3, -0.25) is 9.69 Å². The maximum atomic E-state index is 11.7. The number of carbonyl (C=O) groups is 1. The van der Waals surface area contributed by atoms with Crippen LogP contribution in [-0.2, 0) is 9.53 Å². The third kappa shape index (κ3) is 6.74. The van der Waals surface area contributed by atoms with Gasteiger partial charge in [-0.25, -0.2) is 0 Å². The molecule has 20 heavy (non-hydrogen) atoms. The number of nitrogens with zero attached hydrogens (tertiary/aromatic N) is 1. The van der Waals surface area contributed by atoms with Crippen LogP contribution in [-0.4, -0.2) is 37.1 Å². The number of likely N-dealkylation sites (tertiary alicyclic amines) is 1. The van der Waals surface area contributed by atoms with E-state index in [1.165, 1.54) is 64.9 Å². The summed E-state index contributed by atoms with van der Waals surface area (Å²) >= 11 is 0. The summed E-state index contributed by atoms with van der Waals surface area (Å²) in [4.78, 5) is 14.1. The Labute approximate surface area is 125 Å². The van der Waals surface area contributed by atoms with Crippen LogP contribution in [0.2, 0.25) is 0 Å². The van der Waals surface area contributed by atoms with Gasteiger partial charge < -0.3 is 4.74 Å². The molecule has 0 aromatic heterocycles. The summed E-state index contributed by atoms with van der Waals surface area (Å²) in [5.74, 6) is -0.0377. The third-order valence-electron chi connectivity index (χ3n) is 4.39. The predicted molar refractivity (Wildman–Crippen MR) is 83.8 cm³/mol. The number of carbonyl (C=O) groups excluding carboxylic acids is 1. The lowest BCUT2D eigenvalue weighted by Crippen LogP contribution is -2.45. The molecule has 0 saturated carbocycles. The van der Waals surface area contributed by atoms with Crippen molar-refractivity contribution in [2.75, 3.05) is 20.2 Å². The highest BCUT2D eigenvalue weighted by molar-refractivity contribution is 5.75. The number of ether oxygens (including phenoxy) is 1. The minimum absolute atomic E-state index is 0.0262. The zero-order chi connectivity index (χ0) is 14.6. The number of hydrogen-bond donors (Lipinski definition) is 0. The van der Waals surface area contributed by atoms with Crippen molar-refractivity contribution < 1.29 is 9.53 Å². The lowest BCUT2D eigenvalue weighted by atomic mass is 10.0. The molecule has 0 amide bonds. The molecule has 0 radical (unpaired) electrons. The van der Waals surface area contributed by atoms with Gasteiger partial charge in [0.05, 0.1) is 7.11 Å². The van der Waals surface area contributed by atoms with E-state index in [0.29, 0.717) is 0 Å². The molecule has 0 aromatic rings. The maximum Gasteiger partial charge on any atom is 0.323 e. The van der Waals surface area contributed by atoms with Crippen LogP contribution in [0.25, 0.3) is 0 Å². The molecule has 1 fully saturated rings. The van der Waals surface area contributed by atoms with Crippen LogP contribution in [0.1, 0.15) is 77.6 Å². The smallest absolute Gasteiger partial charge is 0.323 e. The fourth-order valence-corrected chi connectivity index (χ4v) is 3.11. The van der Waals surface area contributed by atoms with E-state index in [9.17, 15) is 4.79 Å². The molecule has 0 spiro atoms. The molecule has 0 bridgehead atoms. The fraction of sp³-hybridized carbons (Fsp3) is 0.941. The molecule has 1 heterocycles. The van der Waals surface area contributed by atoms with Gasteiger partial charge in [-0.2, -0.15) is 0 Å². The molecule has 1 unspecified atom stereocenters. The maximum absolute atomic E-state index is 11.7. The number of piperidine rings is 1. The van der Waals surface area contributed by atoms with Gasteiger partial charge in [-0.05, 0) is 32.4 Å². The van der Waals surface area contributed by atoms with E-state index in [1.54, 1.807) is 0 Å². The van der Waals surface area contributed by atoms with Gasteiger partial charge in [0.2, 0.25) is 0 Å². The number of esters is 1. The van der Waals surface area contributed by atoms with Crippen LogP contribution in [0, 0.1) is 0 Å². The quantitative estimate of drug-likeness (QED) is 0.445. The highest BCUT2D eigenvalue weighted by Crippen LogP contribution is 2.19.